The van der Waals surface area contributed by atoms with Gasteiger partial charge in [0.25, 0.3) is 0 Å². The number of hydrogen-bond donors (Lipinski definition) is 2. The molecular formula is C16H26IN3O. The summed E-state index contributed by atoms with van der Waals surface area (Å²) in [7, 11) is 1.80. The van der Waals surface area contributed by atoms with Crippen molar-refractivity contribution in [3.05, 3.63) is 35.4 Å². The lowest BCUT2D eigenvalue weighted by Gasteiger charge is -2.14. The third-order valence-electron chi connectivity index (χ3n) is 3.55. The van der Waals surface area contributed by atoms with Gasteiger partial charge in [0.2, 0.25) is 0 Å². The molecule has 0 saturated carbocycles. The number of hydrogen-bond acceptors (Lipinski definition) is 2. The van der Waals surface area contributed by atoms with Crippen LogP contribution in [0.2, 0.25) is 0 Å². The summed E-state index contributed by atoms with van der Waals surface area (Å²) < 4.78 is 5.61. The van der Waals surface area contributed by atoms with Crippen LogP contribution in [0.5, 0.6) is 0 Å². The van der Waals surface area contributed by atoms with Gasteiger partial charge in [-0.3, -0.25) is 4.99 Å². The van der Waals surface area contributed by atoms with Gasteiger partial charge in [0.1, 0.15) is 0 Å². The van der Waals surface area contributed by atoms with E-state index >= 15 is 0 Å². The topological polar surface area (TPSA) is 45.7 Å². The third-order valence-corrected chi connectivity index (χ3v) is 3.55. The van der Waals surface area contributed by atoms with E-state index in [4.69, 9.17) is 4.74 Å². The standard InChI is InChI=1S/C16H25N3O.HI/c1-13-5-3-6-14(11-13)12-19-16(17-2)18-9-8-15-7-4-10-20-15;/h3,5-6,11,15H,4,7-10,12H2,1-2H3,(H2,17,18,19);1H. The molecule has 1 saturated heterocycles. The van der Waals surface area contributed by atoms with Crippen molar-refractivity contribution in [2.24, 2.45) is 4.99 Å². The highest BCUT2D eigenvalue weighted by molar-refractivity contribution is 14.0. The molecule has 0 spiro atoms. The van der Waals surface area contributed by atoms with Gasteiger partial charge in [-0.15, -0.1) is 24.0 Å². The molecule has 0 aromatic heterocycles. The van der Waals surface area contributed by atoms with Crippen LogP contribution in [0.4, 0.5) is 0 Å². The average Bonchev–Trinajstić information content (AvgIpc) is 2.96. The first-order valence-corrected chi connectivity index (χ1v) is 7.39. The monoisotopic (exact) mass is 403 g/mol. The van der Waals surface area contributed by atoms with E-state index in [1.165, 1.54) is 24.0 Å². The fraction of sp³-hybridized carbons (Fsp3) is 0.562. The summed E-state index contributed by atoms with van der Waals surface area (Å²) in [6.45, 7) is 4.72. The van der Waals surface area contributed by atoms with E-state index in [2.05, 4.69) is 46.8 Å². The van der Waals surface area contributed by atoms with Crippen LogP contribution in [0.1, 0.15) is 30.4 Å². The minimum absolute atomic E-state index is 0. The van der Waals surface area contributed by atoms with Crippen LogP contribution in [0.3, 0.4) is 0 Å². The van der Waals surface area contributed by atoms with Crippen LogP contribution >= 0.6 is 24.0 Å². The summed E-state index contributed by atoms with van der Waals surface area (Å²) in [5.74, 6) is 0.851. The van der Waals surface area contributed by atoms with Crippen molar-refractivity contribution in [1.29, 1.82) is 0 Å². The number of rotatable bonds is 5. The molecule has 1 aromatic carbocycles. The van der Waals surface area contributed by atoms with Crippen LogP contribution in [-0.4, -0.2) is 32.3 Å². The predicted octanol–water partition coefficient (Wildman–Crippen LogP) is 2.85. The van der Waals surface area contributed by atoms with E-state index in [1.807, 2.05) is 0 Å². The number of nitrogens with zero attached hydrogens (tertiary/aromatic N) is 1. The first-order chi connectivity index (χ1) is 9.78. The summed E-state index contributed by atoms with van der Waals surface area (Å²) in [4.78, 5) is 4.24. The number of nitrogens with one attached hydrogen (secondary N) is 2. The molecule has 1 aliphatic rings. The molecule has 0 aliphatic carbocycles. The first-order valence-electron chi connectivity index (χ1n) is 7.39. The van der Waals surface area contributed by atoms with E-state index in [1.54, 1.807) is 7.05 Å². The van der Waals surface area contributed by atoms with Crippen LogP contribution in [-0.2, 0) is 11.3 Å². The van der Waals surface area contributed by atoms with Crippen molar-refractivity contribution in [1.82, 2.24) is 10.6 Å². The number of aliphatic imine (C=N–C) groups is 1. The van der Waals surface area contributed by atoms with E-state index in [-0.39, 0.29) is 24.0 Å². The van der Waals surface area contributed by atoms with Gasteiger partial charge in [-0.2, -0.15) is 0 Å². The van der Waals surface area contributed by atoms with Crippen molar-refractivity contribution in [2.75, 3.05) is 20.2 Å². The van der Waals surface area contributed by atoms with Crippen molar-refractivity contribution in [3.8, 4) is 0 Å². The molecule has 0 amide bonds. The molecule has 0 radical (unpaired) electrons. The van der Waals surface area contributed by atoms with Crippen LogP contribution in [0.25, 0.3) is 0 Å². The number of ether oxygens (including phenoxy) is 1. The zero-order chi connectivity index (χ0) is 14.2. The second-order valence-electron chi connectivity index (χ2n) is 5.27. The molecule has 1 aromatic rings. The molecule has 118 valence electrons. The SMILES string of the molecule is CN=C(NCCC1CCCO1)NCc1cccc(C)c1.I. The van der Waals surface area contributed by atoms with Gasteiger partial charge in [-0.25, -0.2) is 0 Å². The zero-order valence-electron chi connectivity index (χ0n) is 12.9. The van der Waals surface area contributed by atoms with Crippen molar-refractivity contribution in [3.63, 3.8) is 0 Å². The molecule has 0 bridgehead atoms. The summed E-state index contributed by atoms with van der Waals surface area (Å²) in [5.41, 5.74) is 2.55. The average molecular weight is 403 g/mol. The molecule has 2 rings (SSSR count). The number of aryl methyl sites for hydroxylation is 1. The lowest BCUT2D eigenvalue weighted by Crippen LogP contribution is -2.38. The summed E-state index contributed by atoms with van der Waals surface area (Å²) in [6, 6.07) is 8.50. The van der Waals surface area contributed by atoms with Gasteiger partial charge in [-0.05, 0) is 31.7 Å². The summed E-state index contributed by atoms with van der Waals surface area (Å²) in [5, 5.41) is 6.68. The Bertz CT molecular complexity index is 445. The highest BCUT2D eigenvalue weighted by Gasteiger charge is 2.14. The van der Waals surface area contributed by atoms with E-state index in [0.717, 1.165) is 32.1 Å². The Morgan fingerprint density at radius 1 is 1.38 bits per heavy atom. The molecule has 5 heteroatoms. The van der Waals surface area contributed by atoms with E-state index in [0.29, 0.717) is 6.10 Å². The second-order valence-corrected chi connectivity index (χ2v) is 5.27. The van der Waals surface area contributed by atoms with Crippen LogP contribution in [0.15, 0.2) is 29.3 Å². The summed E-state index contributed by atoms with van der Waals surface area (Å²) in [6.07, 6.45) is 3.87. The van der Waals surface area contributed by atoms with Gasteiger partial charge in [0.15, 0.2) is 5.96 Å². The smallest absolute Gasteiger partial charge is 0.191 e. The van der Waals surface area contributed by atoms with Crippen molar-refractivity contribution in [2.45, 2.75) is 38.8 Å². The second kappa shape index (κ2) is 10.00. The Morgan fingerprint density at radius 3 is 2.90 bits per heavy atom. The fourth-order valence-corrected chi connectivity index (χ4v) is 2.45. The molecule has 1 aliphatic heterocycles. The van der Waals surface area contributed by atoms with Crippen molar-refractivity contribution < 1.29 is 4.74 Å². The van der Waals surface area contributed by atoms with Gasteiger partial charge in [0, 0.05) is 26.7 Å². The Labute approximate surface area is 144 Å². The zero-order valence-corrected chi connectivity index (χ0v) is 15.2. The van der Waals surface area contributed by atoms with Crippen molar-refractivity contribution >= 4 is 29.9 Å². The minimum Gasteiger partial charge on any atom is -0.378 e. The molecule has 1 unspecified atom stereocenters. The Hall–Kier alpha value is -0.820. The maximum Gasteiger partial charge on any atom is 0.191 e. The number of benzene rings is 1. The van der Waals surface area contributed by atoms with Gasteiger partial charge < -0.3 is 15.4 Å². The lowest BCUT2D eigenvalue weighted by atomic mass is 10.1. The first kappa shape index (κ1) is 18.2. The normalized spacial score (nSPS) is 18.2. The van der Waals surface area contributed by atoms with Crippen LogP contribution in [0, 0.1) is 6.92 Å². The van der Waals surface area contributed by atoms with E-state index < -0.39 is 0 Å². The molecule has 1 heterocycles. The Morgan fingerprint density at radius 2 is 2.24 bits per heavy atom. The molecule has 4 nitrogen and oxygen atoms in total. The molecular weight excluding hydrogens is 377 g/mol. The van der Waals surface area contributed by atoms with Gasteiger partial charge in [-0.1, -0.05) is 29.8 Å². The van der Waals surface area contributed by atoms with Gasteiger partial charge >= 0.3 is 0 Å². The Balaban J connectivity index is 0.00000220. The quantitative estimate of drug-likeness (QED) is 0.452. The largest absolute Gasteiger partial charge is 0.378 e. The molecule has 1 fully saturated rings. The third kappa shape index (κ3) is 6.65. The summed E-state index contributed by atoms with van der Waals surface area (Å²) >= 11 is 0. The number of guanidine groups is 1. The maximum absolute atomic E-state index is 5.61. The van der Waals surface area contributed by atoms with E-state index in [9.17, 15) is 0 Å². The molecule has 21 heavy (non-hydrogen) atoms. The van der Waals surface area contributed by atoms with Gasteiger partial charge in [0.05, 0.1) is 6.10 Å². The predicted molar refractivity (Wildman–Crippen MR) is 98.4 cm³/mol. The fourth-order valence-electron chi connectivity index (χ4n) is 2.45. The Kier molecular flexibility index (Phi) is 8.68. The minimum atomic E-state index is 0. The maximum atomic E-state index is 5.61. The lowest BCUT2D eigenvalue weighted by molar-refractivity contribution is 0.105. The molecule has 2 N–H and O–H groups in total. The molecule has 1 atom stereocenters. The van der Waals surface area contributed by atoms with Crippen LogP contribution < -0.4 is 10.6 Å². The highest BCUT2D eigenvalue weighted by Crippen LogP contribution is 2.14. The highest BCUT2D eigenvalue weighted by atomic mass is 127. The number of halogens is 1.